The summed E-state index contributed by atoms with van der Waals surface area (Å²) in [5.74, 6) is 1.00. The van der Waals surface area contributed by atoms with Crippen LogP contribution in [0.1, 0.15) is 30.1 Å². The first-order valence-electron chi connectivity index (χ1n) is 6.61. The Kier molecular flexibility index (Phi) is 3.68. The van der Waals surface area contributed by atoms with Gasteiger partial charge in [-0.3, -0.25) is 0 Å². The Labute approximate surface area is 126 Å². The minimum absolute atomic E-state index is 0.146. The number of ether oxygens (including phenoxy) is 1. The van der Waals surface area contributed by atoms with Gasteiger partial charge in [0.05, 0.1) is 6.04 Å². The van der Waals surface area contributed by atoms with Crippen LogP contribution in [-0.2, 0) is 0 Å². The molecule has 0 spiro atoms. The molecule has 3 nitrogen and oxygen atoms in total. The van der Waals surface area contributed by atoms with Gasteiger partial charge < -0.3 is 15.2 Å². The normalized spacial score (nSPS) is 18.4. The van der Waals surface area contributed by atoms with Crippen LogP contribution in [0.15, 0.2) is 46.9 Å². The van der Waals surface area contributed by atoms with E-state index in [1.54, 1.807) is 12.1 Å². The maximum absolute atomic E-state index is 9.47. The standard InChI is InChI=1S/C16H16BrNO2/c1-10(12-4-2-3-5-14(12)17)18-15-9-20-16-8-11(19)6-7-13(15)16/h2-8,10,15,18-19H,9H2,1H3. The third-order valence-electron chi connectivity index (χ3n) is 3.60. The van der Waals surface area contributed by atoms with Gasteiger partial charge in [0.25, 0.3) is 0 Å². The summed E-state index contributed by atoms with van der Waals surface area (Å²) in [4.78, 5) is 0. The van der Waals surface area contributed by atoms with Crippen LogP contribution in [0, 0.1) is 0 Å². The summed E-state index contributed by atoms with van der Waals surface area (Å²) in [6.07, 6.45) is 0. The molecule has 1 aliphatic heterocycles. The molecule has 0 radical (unpaired) electrons. The molecular formula is C16H16BrNO2. The summed E-state index contributed by atoms with van der Waals surface area (Å²) >= 11 is 3.58. The highest BCUT2D eigenvalue weighted by molar-refractivity contribution is 9.10. The molecular weight excluding hydrogens is 318 g/mol. The lowest BCUT2D eigenvalue weighted by atomic mass is 10.0. The molecule has 4 heteroatoms. The molecule has 0 bridgehead atoms. The number of fused-ring (bicyclic) bond motifs is 1. The maximum atomic E-state index is 9.47. The second-order valence-electron chi connectivity index (χ2n) is 5.00. The van der Waals surface area contributed by atoms with Gasteiger partial charge in [-0.1, -0.05) is 34.1 Å². The fraction of sp³-hybridized carbons (Fsp3) is 0.250. The third kappa shape index (κ3) is 2.53. The number of phenols is 1. The van der Waals surface area contributed by atoms with Crippen LogP contribution in [-0.4, -0.2) is 11.7 Å². The van der Waals surface area contributed by atoms with E-state index in [1.165, 1.54) is 5.56 Å². The average Bonchev–Trinajstić information content (AvgIpc) is 2.81. The zero-order valence-electron chi connectivity index (χ0n) is 11.1. The van der Waals surface area contributed by atoms with Crippen molar-refractivity contribution in [2.75, 3.05) is 6.61 Å². The van der Waals surface area contributed by atoms with Crippen LogP contribution in [0.3, 0.4) is 0 Å². The second-order valence-corrected chi connectivity index (χ2v) is 5.85. The number of phenolic OH excluding ortho intramolecular Hbond substituents is 1. The van der Waals surface area contributed by atoms with E-state index >= 15 is 0 Å². The van der Waals surface area contributed by atoms with Crippen molar-refractivity contribution < 1.29 is 9.84 Å². The Morgan fingerprint density at radius 1 is 1.30 bits per heavy atom. The largest absolute Gasteiger partial charge is 0.508 e. The van der Waals surface area contributed by atoms with Crippen molar-refractivity contribution in [2.24, 2.45) is 0 Å². The molecule has 2 N–H and O–H groups in total. The number of hydrogen-bond donors (Lipinski definition) is 2. The van der Waals surface area contributed by atoms with Crippen LogP contribution in [0.2, 0.25) is 0 Å². The number of aromatic hydroxyl groups is 1. The van der Waals surface area contributed by atoms with Gasteiger partial charge >= 0.3 is 0 Å². The molecule has 104 valence electrons. The first-order valence-corrected chi connectivity index (χ1v) is 7.40. The molecule has 0 amide bonds. The zero-order chi connectivity index (χ0) is 14.1. The number of benzene rings is 2. The molecule has 3 rings (SSSR count). The lowest BCUT2D eigenvalue weighted by Gasteiger charge is -2.20. The van der Waals surface area contributed by atoms with E-state index in [0.717, 1.165) is 15.8 Å². The molecule has 0 aromatic heterocycles. The van der Waals surface area contributed by atoms with E-state index < -0.39 is 0 Å². The highest BCUT2D eigenvalue weighted by Gasteiger charge is 2.26. The molecule has 1 aliphatic rings. The summed E-state index contributed by atoms with van der Waals surface area (Å²) in [6, 6.07) is 13.8. The maximum Gasteiger partial charge on any atom is 0.127 e. The Balaban J connectivity index is 1.79. The van der Waals surface area contributed by atoms with Crippen molar-refractivity contribution in [2.45, 2.75) is 19.0 Å². The highest BCUT2D eigenvalue weighted by atomic mass is 79.9. The molecule has 0 fully saturated rings. The van der Waals surface area contributed by atoms with Crippen LogP contribution in [0.4, 0.5) is 0 Å². The second kappa shape index (κ2) is 5.46. The van der Waals surface area contributed by atoms with E-state index in [2.05, 4.69) is 34.2 Å². The summed E-state index contributed by atoms with van der Waals surface area (Å²) < 4.78 is 6.73. The smallest absolute Gasteiger partial charge is 0.127 e. The number of rotatable bonds is 3. The Hall–Kier alpha value is -1.52. The fourth-order valence-electron chi connectivity index (χ4n) is 2.55. The van der Waals surface area contributed by atoms with Gasteiger partial charge in [0.15, 0.2) is 0 Å². The fourth-order valence-corrected chi connectivity index (χ4v) is 3.18. The van der Waals surface area contributed by atoms with Crippen molar-refractivity contribution in [3.8, 4) is 11.5 Å². The van der Waals surface area contributed by atoms with E-state index in [-0.39, 0.29) is 17.8 Å². The monoisotopic (exact) mass is 333 g/mol. The molecule has 0 saturated heterocycles. The summed E-state index contributed by atoms with van der Waals surface area (Å²) in [6.45, 7) is 2.73. The van der Waals surface area contributed by atoms with Gasteiger partial charge in [-0.05, 0) is 30.7 Å². The van der Waals surface area contributed by atoms with Gasteiger partial charge in [-0.25, -0.2) is 0 Å². The predicted octanol–water partition coefficient (Wildman–Crippen LogP) is 3.94. The highest BCUT2D eigenvalue weighted by Crippen LogP contribution is 2.36. The van der Waals surface area contributed by atoms with Crippen LogP contribution < -0.4 is 10.1 Å². The van der Waals surface area contributed by atoms with Crippen molar-refractivity contribution in [1.82, 2.24) is 5.32 Å². The van der Waals surface area contributed by atoms with Gasteiger partial charge in [0, 0.05) is 22.1 Å². The number of nitrogens with one attached hydrogen (secondary N) is 1. The van der Waals surface area contributed by atoms with Gasteiger partial charge in [0.2, 0.25) is 0 Å². The molecule has 2 atom stereocenters. The van der Waals surface area contributed by atoms with Gasteiger partial charge in [-0.2, -0.15) is 0 Å². The summed E-state index contributed by atoms with van der Waals surface area (Å²) in [5, 5.41) is 13.0. The molecule has 20 heavy (non-hydrogen) atoms. The van der Waals surface area contributed by atoms with Gasteiger partial charge in [-0.15, -0.1) is 0 Å². The van der Waals surface area contributed by atoms with Crippen LogP contribution in [0.5, 0.6) is 11.5 Å². The molecule has 0 saturated carbocycles. The topological polar surface area (TPSA) is 41.5 Å². The summed E-state index contributed by atoms with van der Waals surface area (Å²) in [5.41, 5.74) is 2.32. The Morgan fingerprint density at radius 3 is 2.90 bits per heavy atom. The van der Waals surface area contributed by atoms with Crippen molar-refractivity contribution >= 4 is 15.9 Å². The molecule has 2 aromatic rings. The van der Waals surface area contributed by atoms with Crippen LogP contribution >= 0.6 is 15.9 Å². The van der Waals surface area contributed by atoms with Gasteiger partial charge in [0.1, 0.15) is 18.1 Å². The SMILES string of the molecule is CC(NC1COc2cc(O)ccc21)c1ccccc1Br. The first kappa shape index (κ1) is 13.5. The van der Waals surface area contributed by atoms with Crippen molar-refractivity contribution in [1.29, 1.82) is 0 Å². The minimum atomic E-state index is 0.146. The van der Waals surface area contributed by atoms with E-state index in [4.69, 9.17) is 4.74 Å². The molecule has 2 unspecified atom stereocenters. The van der Waals surface area contributed by atoms with Crippen molar-refractivity contribution in [3.05, 3.63) is 58.1 Å². The Bertz CT molecular complexity index is 630. The number of hydrogen-bond acceptors (Lipinski definition) is 3. The van der Waals surface area contributed by atoms with Crippen LogP contribution in [0.25, 0.3) is 0 Å². The third-order valence-corrected chi connectivity index (χ3v) is 4.32. The lowest BCUT2D eigenvalue weighted by Crippen LogP contribution is -2.25. The van der Waals surface area contributed by atoms with E-state index in [9.17, 15) is 5.11 Å². The van der Waals surface area contributed by atoms with E-state index in [1.807, 2.05) is 24.3 Å². The lowest BCUT2D eigenvalue weighted by molar-refractivity contribution is 0.300. The minimum Gasteiger partial charge on any atom is -0.508 e. The molecule has 1 heterocycles. The first-order chi connectivity index (χ1) is 9.65. The molecule has 0 aliphatic carbocycles. The number of halogens is 1. The Morgan fingerprint density at radius 2 is 2.10 bits per heavy atom. The average molecular weight is 334 g/mol. The summed E-state index contributed by atoms with van der Waals surface area (Å²) in [7, 11) is 0. The molecule has 2 aromatic carbocycles. The van der Waals surface area contributed by atoms with Crippen molar-refractivity contribution in [3.63, 3.8) is 0 Å². The van der Waals surface area contributed by atoms with E-state index in [0.29, 0.717) is 6.61 Å². The quantitative estimate of drug-likeness (QED) is 0.893. The zero-order valence-corrected chi connectivity index (χ0v) is 12.7. The predicted molar refractivity (Wildman–Crippen MR) is 82.0 cm³/mol.